The largest absolute Gasteiger partial charge is 0.310 e. The fraction of sp³-hybridized carbons (Fsp3) is 0.769. The molecule has 4 heteroatoms. The Kier molecular flexibility index (Phi) is 4.11. The van der Waals surface area contributed by atoms with Crippen molar-refractivity contribution in [2.45, 2.75) is 50.9 Å². The van der Waals surface area contributed by atoms with Crippen LogP contribution in [0.5, 0.6) is 0 Å². The highest BCUT2D eigenvalue weighted by Gasteiger charge is 2.26. The summed E-state index contributed by atoms with van der Waals surface area (Å²) in [5.41, 5.74) is 1.36. The van der Waals surface area contributed by atoms with Crippen LogP contribution in [-0.4, -0.2) is 16.9 Å². The molecule has 2 rings (SSSR count). The monoisotopic (exact) mass is 272 g/mol. The zero-order valence-electron chi connectivity index (χ0n) is 10.8. The Morgan fingerprint density at radius 2 is 2.18 bits per heavy atom. The molecule has 1 fully saturated rings. The molecule has 0 radical (unpaired) electrons. The van der Waals surface area contributed by atoms with Crippen LogP contribution in [0.4, 0.5) is 0 Å². The Hall–Kier alpha value is -0.120. The van der Waals surface area contributed by atoms with Crippen molar-refractivity contribution < 1.29 is 0 Å². The number of hydrogen-bond acceptors (Lipinski definition) is 3. The quantitative estimate of drug-likeness (QED) is 0.848. The molecule has 0 spiro atoms. The summed E-state index contributed by atoms with van der Waals surface area (Å²) in [6.07, 6.45) is 2.33. The lowest BCUT2D eigenvalue weighted by Crippen LogP contribution is -2.33. The SMILES string of the molecule is CC(C)(C)c1csc(CNCC2CC(Cl)C2)n1. The van der Waals surface area contributed by atoms with Gasteiger partial charge < -0.3 is 5.32 Å². The first-order chi connectivity index (χ1) is 7.95. The molecule has 1 aliphatic carbocycles. The minimum Gasteiger partial charge on any atom is -0.310 e. The first kappa shape index (κ1) is 13.3. The number of rotatable bonds is 4. The molecule has 1 aromatic rings. The molecule has 96 valence electrons. The smallest absolute Gasteiger partial charge is 0.107 e. The average molecular weight is 273 g/mol. The van der Waals surface area contributed by atoms with E-state index in [0.717, 1.165) is 19.0 Å². The fourth-order valence-corrected chi connectivity index (χ4v) is 3.44. The molecule has 2 nitrogen and oxygen atoms in total. The Morgan fingerprint density at radius 1 is 1.47 bits per heavy atom. The molecule has 0 bridgehead atoms. The van der Waals surface area contributed by atoms with Crippen molar-refractivity contribution in [3.8, 4) is 0 Å². The van der Waals surface area contributed by atoms with E-state index in [2.05, 4.69) is 36.5 Å². The molecule has 1 N–H and O–H groups in total. The number of nitrogens with one attached hydrogen (secondary N) is 1. The third-order valence-corrected chi connectivity index (χ3v) is 4.41. The van der Waals surface area contributed by atoms with Gasteiger partial charge in [0.2, 0.25) is 0 Å². The van der Waals surface area contributed by atoms with Crippen LogP contribution in [0.15, 0.2) is 5.38 Å². The van der Waals surface area contributed by atoms with Crippen LogP contribution in [0, 0.1) is 5.92 Å². The average Bonchev–Trinajstić information content (AvgIpc) is 2.63. The van der Waals surface area contributed by atoms with E-state index in [1.54, 1.807) is 11.3 Å². The Balaban J connectivity index is 1.74. The number of halogens is 1. The second-order valence-electron chi connectivity index (χ2n) is 5.94. The third kappa shape index (κ3) is 3.67. The standard InChI is InChI=1S/C13H21ClN2S/c1-13(2,3)11-8-17-12(16-11)7-15-6-9-4-10(14)5-9/h8-10,15H,4-7H2,1-3H3. The van der Waals surface area contributed by atoms with Crippen molar-refractivity contribution in [1.82, 2.24) is 10.3 Å². The van der Waals surface area contributed by atoms with E-state index in [9.17, 15) is 0 Å². The number of aromatic nitrogens is 1. The van der Waals surface area contributed by atoms with Crippen molar-refractivity contribution >= 4 is 22.9 Å². The summed E-state index contributed by atoms with van der Waals surface area (Å²) < 4.78 is 0. The minimum atomic E-state index is 0.161. The van der Waals surface area contributed by atoms with Gasteiger partial charge in [0, 0.05) is 22.7 Å². The van der Waals surface area contributed by atoms with Gasteiger partial charge in [0.05, 0.1) is 5.69 Å². The van der Waals surface area contributed by atoms with Gasteiger partial charge in [0.25, 0.3) is 0 Å². The van der Waals surface area contributed by atoms with Gasteiger partial charge in [-0.15, -0.1) is 22.9 Å². The number of hydrogen-bond donors (Lipinski definition) is 1. The highest BCUT2D eigenvalue weighted by Crippen LogP contribution is 2.31. The van der Waals surface area contributed by atoms with Crippen molar-refractivity contribution in [3.63, 3.8) is 0 Å². The van der Waals surface area contributed by atoms with Gasteiger partial charge >= 0.3 is 0 Å². The van der Waals surface area contributed by atoms with Crippen LogP contribution in [0.25, 0.3) is 0 Å². The minimum absolute atomic E-state index is 0.161. The topological polar surface area (TPSA) is 24.9 Å². The first-order valence-electron chi connectivity index (χ1n) is 6.25. The highest BCUT2D eigenvalue weighted by atomic mass is 35.5. The van der Waals surface area contributed by atoms with Crippen LogP contribution in [0.1, 0.15) is 44.3 Å². The predicted octanol–water partition coefficient (Wildman–Crippen LogP) is 3.55. The third-order valence-electron chi connectivity index (χ3n) is 3.21. The van der Waals surface area contributed by atoms with Crippen molar-refractivity contribution in [1.29, 1.82) is 0 Å². The maximum Gasteiger partial charge on any atom is 0.107 e. The summed E-state index contributed by atoms with van der Waals surface area (Å²) in [6.45, 7) is 8.58. The van der Waals surface area contributed by atoms with Gasteiger partial charge in [-0.05, 0) is 25.3 Å². The van der Waals surface area contributed by atoms with Crippen LogP contribution in [0.2, 0.25) is 0 Å². The second kappa shape index (κ2) is 5.25. The summed E-state index contributed by atoms with van der Waals surface area (Å²) in [5.74, 6) is 0.777. The lowest BCUT2D eigenvalue weighted by molar-refractivity contribution is 0.308. The van der Waals surface area contributed by atoms with E-state index < -0.39 is 0 Å². The normalized spacial score (nSPS) is 24.7. The van der Waals surface area contributed by atoms with Crippen LogP contribution in [-0.2, 0) is 12.0 Å². The van der Waals surface area contributed by atoms with E-state index in [1.807, 2.05) is 0 Å². The van der Waals surface area contributed by atoms with E-state index in [1.165, 1.54) is 23.5 Å². The molecule has 17 heavy (non-hydrogen) atoms. The van der Waals surface area contributed by atoms with E-state index in [4.69, 9.17) is 11.6 Å². The van der Waals surface area contributed by atoms with Gasteiger partial charge in [-0.3, -0.25) is 0 Å². The van der Waals surface area contributed by atoms with Crippen LogP contribution in [0.3, 0.4) is 0 Å². The summed E-state index contributed by atoms with van der Waals surface area (Å²) in [7, 11) is 0. The van der Waals surface area contributed by atoms with Gasteiger partial charge in [-0.25, -0.2) is 4.98 Å². The fourth-order valence-electron chi connectivity index (χ4n) is 1.94. The molecule has 1 aliphatic rings. The molecule has 0 amide bonds. The molecule has 1 saturated carbocycles. The summed E-state index contributed by atoms with van der Waals surface area (Å²) in [6, 6.07) is 0. The van der Waals surface area contributed by atoms with E-state index in [-0.39, 0.29) is 5.41 Å². The van der Waals surface area contributed by atoms with Gasteiger partial charge in [0.1, 0.15) is 5.01 Å². The molecule has 0 saturated heterocycles. The lowest BCUT2D eigenvalue weighted by Gasteiger charge is -2.30. The molecule has 0 aliphatic heterocycles. The molecular formula is C13H21ClN2S. The van der Waals surface area contributed by atoms with E-state index >= 15 is 0 Å². The Labute approximate surface area is 113 Å². The summed E-state index contributed by atoms with van der Waals surface area (Å²) >= 11 is 7.71. The maximum absolute atomic E-state index is 5.96. The molecule has 0 aromatic carbocycles. The lowest BCUT2D eigenvalue weighted by atomic mass is 9.85. The molecule has 1 heterocycles. The van der Waals surface area contributed by atoms with Crippen molar-refractivity contribution in [2.75, 3.05) is 6.54 Å². The van der Waals surface area contributed by atoms with E-state index in [0.29, 0.717) is 5.38 Å². The first-order valence-corrected chi connectivity index (χ1v) is 7.56. The Bertz CT molecular complexity index is 364. The van der Waals surface area contributed by atoms with Gasteiger partial charge in [0.15, 0.2) is 0 Å². The maximum atomic E-state index is 5.96. The molecule has 1 aromatic heterocycles. The summed E-state index contributed by atoms with van der Waals surface area (Å²) in [5, 5.41) is 7.27. The predicted molar refractivity (Wildman–Crippen MR) is 74.9 cm³/mol. The zero-order valence-corrected chi connectivity index (χ0v) is 12.4. The zero-order chi connectivity index (χ0) is 12.5. The highest BCUT2D eigenvalue weighted by molar-refractivity contribution is 7.09. The second-order valence-corrected chi connectivity index (χ2v) is 7.50. The van der Waals surface area contributed by atoms with Crippen LogP contribution < -0.4 is 5.32 Å². The summed E-state index contributed by atoms with van der Waals surface area (Å²) in [4.78, 5) is 4.67. The number of alkyl halides is 1. The molecular weight excluding hydrogens is 252 g/mol. The van der Waals surface area contributed by atoms with Crippen LogP contribution >= 0.6 is 22.9 Å². The number of thiazole rings is 1. The van der Waals surface area contributed by atoms with Crippen molar-refractivity contribution in [3.05, 3.63) is 16.1 Å². The Morgan fingerprint density at radius 3 is 2.71 bits per heavy atom. The van der Waals surface area contributed by atoms with Gasteiger partial charge in [-0.2, -0.15) is 0 Å². The number of nitrogens with zero attached hydrogens (tertiary/aromatic N) is 1. The van der Waals surface area contributed by atoms with Crippen molar-refractivity contribution in [2.24, 2.45) is 5.92 Å². The van der Waals surface area contributed by atoms with Gasteiger partial charge in [-0.1, -0.05) is 20.8 Å². The molecule has 0 unspecified atom stereocenters. The molecule has 0 atom stereocenters.